The van der Waals surface area contributed by atoms with Gasteiger partial charge in [0.2, 0.25) is 0 Å². The molecule has 0 amide bonds. The summed E-state index contributed by atoms with van der Waals surface area (Å²) in [7, 11) is 0. The number of benzene rings is 2. The van der Waals surface area contributed by atoms with Gasteiger partial charge >= 0.3 is 0 Å². The number of halogens is 2. The first-order chi connectivity index (χ1) is 10.1. The number of nitrogens with one attached hydrogen (secondary N) is 1. The van der Waals surface area contributed by atoms with Crippen molar-refractivity contribution in [1.29, 1.82) is 0 Å². The summed E-state index contributed by atoms with van der Waals surface area (Å²) in [6.07, 6.45) is 2.05. The van der Waals surface area contributed by atoms with E-state index < -0.39 is 4.92 Å². The van der Waals surface area contributed by atoms with E-state index in [0.29, 0.717) is 4.47 Å². The SMILES string of the molecule is O=[N+]([O-])c1ccc(NC2CCc3c(Br)cccc32)cc1Br. The van der Waals surface area contributed by atoms with E-state index in [9.17, 15) is 10.1 Å². The lowest BCUT2D eigenvalue weighted by Crippen LogP contribution is -2.07. The van der Waals surface area contributed by atoms with Crippen LogP contribution in [0.4, 0.5) is 11.4 Å². The molecule has 0 aliphatic heterocycles. The molecule has 0 saturated carbocycles. The van der Waals surface area contributed by atoms with Crippen molar-refractivity contribution in [2.75, 3.05) is 5.32 Å². The van der Waals surface area contributed by atoms with Crippen LogP contribution in [0, 0.1) is 10.1 Å². The number of hydrogen-bond acceptors (Lipinski definition) is 3. The first kappa shape index (κ1) is 14.5. The highest BCUT2D eigenvalue weighted by molar-refractivity contribution is 9.10. The molecule has 1 atom stereocenters. The smallest absolute Gasteiger partial charge is 0.283 e. The van der Waals surface area contributed by atoms with Crippen LogP contribution in [-0.2, 0) is 6.42 Å². The third kappa shape index (κ3) is 2.82. The molecular weight excluding hydrogens is 400 g/mol. The second-order valence-electron chi connectivity index (χ2n) is 4.97. The zero-order chi connectivity index (χ0) is 15.0. The lowest BCUT2D eigenvalue weighted by Gasteiger charge is -2.16. The molecule has 0 radical (unpaired) electrons. The van der Waals surface area contributed by atoms with Crippen molar-refractivity contribution in [3.63, 3.8) is 0 Å². The second-order valence-corrected chi connectivity index (χ2v) is 6.68. The highest BCUT2D eigenvalue weighted by Gasteiger charge is 2.24. The molecule has 1 aliphatic rings. The molecule has 21 heavy (non-hydrogen) atoms. The Balaban J connectivity index is 1.85. The van der Waals surface area contributed by atoms with Gasteiger partial charge in [0, 0.05) is 16.2 Å². The van der Waals surface area contributed by atoms with E-state index in [-0.39, 0.29) is 11.7 Å². The Kier molecular flexibility index (Phi) is 3.99. The van der Waals surface area contributed by atoms with Crippen molar-refractivity contribution < 1.29 is 4.92 Å². The van der Waals surface area contributed by atoms with Crippen molar-refractivity contribution in [2.24, 2.45) is 0 Å². The first-order valence-corrected chi connectivity index (χ1v) is 8.12. The van der Waals surface area contributed by atoms with Crippen molar-refractivity contribution in [1.82, 2.24) is 0 Å². The Bertz CT molecular complexity index is 719. The molecule has 2 aromatic carbocycles. The zero-order valence-electron chi connectivity index (χ0n) is 11.0. The van der Waals surface area contributed by atoms with Crippen LogP contribution in [0.15, 0.2) is 45.3 Å². The lowest BCUT2D eigenvalue weighted by atomic mass is 10.1. The zero-order valence-corrected chi connectivity index (χ0v) is 14.1. The van der Waals surface area contributed by atoms with Crippen LogP contribution in [0.1, 0.15) is 23.6 Å². The molecule has 0 heterocycles. The average molecular weight is 412 g/mol. The topological polar surface area (TPSA) is 55.2 Å². The van der Waals surface area contributed by atoms with Gasteiger partial charge in [-0.1, -0.05) is 28.1 Å². The van der Waals surface area contributed by atoms with E-state index in [0.717, 1.165) is 23.0 Å². The molecule has 4 nitrogen and oxygen atoms in total. The molecule has 2 aromatic rings. The summed E-state index contributed by atoms with van der Waals surface area (Å²) in [6.45, 7) is 0. The van der Waals surface area contributed by atoms with Crippen LogP contribution in [0.3, 0.4) is 0 Å². The first-order valence-electron chi connectivity index (χ1n) is 6.54. The van der Waals surface area contributed by atoms with Crippen LogP contribution in [-0.4, -0.2) is 4.92 Å². The van der Waals surface area contributed by atoms with Gasteiger partial charge in [-0.25, -0.2) is 0 Å². The fraction of sp³-hybridized carbons (Fsp3) is 0.200. The molecule has 3 rings (SSSR count). The summed E-state index contributed by atoms with van der Waals surface area (Å²) in [6, 6.07) is 11.5. The number of nitro benzene ring substituents is 1. The summed E-state index contributed by atoms with van der Waals surface area (Å²) >= 11 is 6.84. The van der Waals surface area contributed by atoms with E-state index in [4.69, 9.17) is 0 Å². The van der Waals surface area contributed by atoms with Gasteiger partial charge in [0.1, 0.15) is 0 Å². The van der Waals surface area contributed by atoms with E-state index in [1.165, 1.54) is 17.2 Å². The quantitative estimate of drug-likeness (QED) is 0.556. The molecule has 1 aliphatic carbocycles. The van der Waals surface area contributed by atoms with E-state index >= 15 is 0 Å². The van der Waals surface area contributed by atoms with E-state index in [2.05, 4.69) is 49.3 Å². The van der Waals surface area contributed by atoms with Crippen molar-refractivity contribution in [3.8, 4) is 0 Å². The summed E-state index contributed by atoms with van der Waals surface area (Å²) in [5, 5.41) is 14.3. The molecule has 1 N–H and O–H groups in total. The van der Waals surface area contributed by atoms with Gasteiger partial charge in [-0.3, -0.25) is 10.1 Å². The molecule has 0 fully saturated rings. The number of hydrogen-bond donors (Lipinski definition) is 1. The summed E-state index contributed by atoms with van der Waals surface area (Å²) in [5.41, 5.74) is 3.59. The van der Waals surface area contributed by atoms with Gasteiger partial charge in [-0.2, -0.15) is 0 Å². The van der Waals surface area contributed by atoms with Crippen LogP contribution < -0.4 is 5.32 Å². The molecular formula is C15H12Br2N2O2. The van der Waals surface area contributed by atoms with Crippen molar-refractivity contribution in [3.05, 3.63) is 66.6 Å². The number of nitro groups is 1. The normalized spacial score (nSPS) is 16.6. The summed E-state index contributed by atoms with van der Waals surface area (Å²) < 4.78 is 1.64. The predicted octanol–water partition coefficient (Wildman–Crippen LogP) is 5.22. The lowest BCUT2D eigenvalue weighted by molar-refractivity contribution is -0.385. The van der Waals surface area contributed by atoms with Gasteiger partial charge in [0.25, 0.3) is 5.69 Å². The monoisotopic (exact) mass is 410 g/mol. The minimum absolute atomic E-state index is 0.0788. The Morgan fingerprint density at radius 2 is 2.00 bits per heavy atom. The minimum atomic E-state index is -0.393. The third-order valence-corrected chi connectivity index (χ3v) is 5.08. The number of nitrogens with zero attached hydrogens (tertiary/aromatic N) is 1. The largest absolute Gasteiger partial charge is 0.378 e. The molecule has 0 aromatic heterocycles. The van der Waals surface area contributed by atoms with E-state index in [1.54, 1.807) is 12.1 Å². The van der Waals surface area contributed by atoms with Crippen LogP contribution in [0.25, 0.3) is 0 Å². The minimum Gasteiger partial charge on any atom is -0.378 e. The van der Waals surface area contributed by atoms with E-state index in [1.807, 2.05) is 6.07 Å². The predicted molar refractivity (Wildman–Crippen MR) is 89.6 cm³/mol. The fourth-order valence-electron chi connectivity index (χ4n) is 2.71. The Morgan fingerprint density at radius 3 is 2.71 bits per heavy atom. The molecule has 6 heteroatoms. The maximum absolute atomic E-state index is 10.8. The van der Waals surface area contributed by atoms with Gasteiger partial charge in [-0.15, -0.1) is 0 Å². The maximum Gasteiger partial charge on any atom is 0.283 e. The number of fused-ring (bicyclic) bond motifs is 1. The highest BCUT2D eigenvalue weighted by atomic mass is 79.9. The van der Waals surface area contributed by atoms with Gasteiger partial charge in [0.05, 0.1) is 15.4 Å². The van der Waals surface area contributed by atoms with Crippen LogP contribution in [0.5, 0.6) is 0 Å². The Labute approximate surface area is 139 Å². The molecule has 1 unspecified atom stereocenters. The maximum atomic E-state index is 10.8. The fourth-order valence-corrected chi connectivity index (χ4v) is 3.81. The second kappa shape index (κ2) is 5.77. The Morgan fingerprint density at radius 1 is 1.19 bits per heavy atom. The third-order valence-electron chi connectivity index (χ3n) is 3.70. The van der Waals surface area contributed by atoms with Gasteiger partial charge < -0.3 is 5.32 Å². The average Bonchev–Trinajstić information content (AvgIpc) is 2.83. The standard InChI is InChI=1S/C15H12Br2N2O2/c16-12-3-1-2-11-10(12)5-6-14(11)18-9-4-7-15(19(20)21)13(17)8-9/h1-4,7-8,14,18H,5-6H2. The van der Waals surface area contributed by atoms with Crippen molar-refractivity contribution >= 4 is 43.2 Å². The van der Waals surface area contributed by atoms with Gasteiger partial charge in [-0.05, 0) is 58.1 Å². The molecule has 108 valence electrons. The summed E-state index contributed by atoms with van der Waals surface area (Å²) in [5.74, 6) is 0. The summed E-state index contributed by atoms with van der Waals surface area (Å²) in [4.78, 5) is 10.4. The van der Waals surface area contributed by atoms with Crippen LogP contribution >= 0.6 is 31.9 Å². The van der Waals surface area contributed by atoms with Gasteiger partial charge in [0.15, 0.2) is 0 Å². The highest BCUT2D eigenvalue weighted by Crippen LogP contribution is 2.38. The molecule has 0 saturated heterocycles. The number of anilines is 1. The number of rotatable bonds is 3. The van der Waals surface area contributed by atoms with Crippen molar-refractivity contribution in [2.45, 2.75) is 18.9 Å². The Hall–Kier alpha value is -1.40. The molecule has 0 bridgehead atoms. The van der Waals surface area contributed by atoms with Crippen LogP contribution in [0.2, 0.25) is 0 Å². The molecule has 0 spiro atoms.